The molecule has 0 aliphatic carbocycles. The van der Waals surface area contributed by atoms with Crippen molar-refractivity contribution in [2.75, 3.05) is 6.66 Å². The second-order valence-electron chi connectivity index (χ2n) is 5.74. The van der Waals surface area contributed by atoms with Gasteiger partial charge in [-0.15, -0.1) is 0 Å². The fourth-order valence-corrected chi connectivity index (χ4v) is 6.17. The van der Waals surface area contributed by atoms with Gasteiger partial charge in [-0.1, -0.05) is 34.8 Å². The Bertz CT molecular complexity index is 737. The van der Waals surface area contributed by atoms with Gasteiger partial charge in [0, 0.05) is 15.1 Å². The number of rotatable bonds is 3. The van der Waals surface area contributed by atoms with Crippen molar-refractivity contribution in [2.24, 2.45) is 0 Å². The van der Waals surface area contributed by atoms with E-state index in [1.165, 1.54) is 15.9 Å². The van der Waals surface area contributed by atoms with E-state index in [0.717, 1.165) is 15.1 Å². The SMILES string of the molecule is C[P+](c1ccc(Cl)cc1)(c1ccc(Cl)cc1)c1ccc(Cl)cc1.[Cl][Zn-]([Cl])[Cl]. The number of hydrogen-bond acceptors (Lipinski definition) is 0. The predicted molar refractivity (Wildman–Crippen MR) is 124 cm³/mol. The molecular weight excluding hydrogens is 537 g/mol. The summed E-state index contributed by atoms with van der Waals surface area (Å²) >= 11 is 16.0. The van der Waals surface area contributed by atoms with Gasteiger partial charge in [0.05, 0.1) is 6.66 Å². The van der Waals surface area contributed by atoms with Gasteiger partial charge in [-0.3, -0.25) is 0 Å². The number of halogens is 6. The Kier molecular flexibility index (Phi) is 9.68. The molecule has 0 radical (unpaired) electrons. The first-order valence-electron chi connectivity index (χ1n) is 7.95. The molecule has 140 valence electrons. The van der Waals surface area contributed by atoms with Crippen molar-refractivity contribution in [2.45, 2.75) is 0 Å². The van der Waals surface area contributed by atoms with E-state index < -0.39 is 20.2 Å². The van der Waals surface area contributed by atoms with E-state index in [2.05, 4.69) is 43.1 Å². The molecule has 0 N–H and O–H groups in total. The zero-order valence-electron chi connectivity index (χ0n) is 14.4. The van der Waals surface area contributed by atoms with Crippen molar-refractivity contribution >= 4 is 87.1 Å². The second kappa shape index (κ2) is 11.0. The van der Waals surface area contributed by atoms with Crippen LogP contribution < -0.4 is 15.9 Å². The maximum atomic E-state index is 6.07. The summed E-state index contributed by atoms with van der Waals surface area (Å²) in [7, 11) is 13.3. The number of benzene rings is 3. The average Bonchev–Trinajstić information content (AvgIpc) is 2.62. The first kappa shape index (κ1) is 23.7. The van der Waals surface area contributed by atoms with Crippen LogP contribution in [0.2, 0.25) is 15.1 Å². The van der Waals surface area contributed by atoms with Crippen LogP contribution in [0.1, 0.15) is 0 Å². The standard InChI is InChI=1S/C19H15Cl3P.3ClH.Zn/c1-23(17-8-2-14(20)3-9-17,18-10-4-15(21)5-11-18)19-12-6-16(22)7-13-19;;;;/h2-13H,1H3;3*1H;/q+1;;;;+2/p-3. The third kappa shape index (κ3) is 6.74. The van der Waals surface area contributed by atoms with Crippen molar-refractivity contribution in [1.82, 2.24) is 0 Å². The van der Waals surface area contributed by atoms with Gasteiger partial charge in [0.2, 0.25) is 0 Å². The Hall–Kier alpha value is 0.453. The Balaban J connectivity index is 0.000000596. The fraction of sp³-hybridized carbons (Fsp3) is 0.0526. The van der Waals surface area contributed by atoms with Crippen LogP contribution in [0, 0.1) is 0 Å². The summed E-state index contributed by atoms with van der Waals surface area (Å²) in [5.74, 6) is 0. The van der Waals surface area contributed by atoms with E-state index in [0.29, 0.717) is 0 Å². The molecule has 3 rings (SSSR count). The number of hydrogen-bond donors (Lipinski definition) is 0. The average molecular weight is 552 g/mol. The third-order valence-electron chi connectivity index (χ3n) is 4.03. The van der Waals surface area contributed by atoms with Gasteiger partial charge in [0.15, 0.2) is 0 Å². The summed E-state index contributed by atoms with van der Waals surface area (Å²) < 4.78 is 0. The van der Waals surface area contributed by atoms with E-state index in [9.17, 15) is 0 Å². The Morgan fingerprint density at radius 2 is 0.704 bits per heavy atom. The van der Waals surface area contributed by atoms with Crippen LogP contribution in [-0.4, -0.2) is 6.66 Å². The molecule has 0 heterocycles. The van der Waals surface area contributed by atoms with Gasteiger partial charge in [-0.05, 0) is 72.8 Å². The van der Waals surface area contributed by atoms with Crippen LogP contribution in [0.15, 0.2) is 72.8 Å². The molecule has 0 aromatic heterocycles. The first-order chi connectivity index (χ1) is 12.7. The molecule has 0 atom stereocenters. The monoisotopic (exact) mass is 548 g/mol. The van der Waals surface area contributed by atoms with E-state index in [1.54, 1.807) is 0 Å². The van der Waals surface area contributed by atoms with Gasteiger partial charge >= 0.3 is 42.1 Å². The third-order valence-corrected chi connectivity index (χ3v) is 8.78. The topological polar surface area (TPSA) is 0 Å². The molecule has 0 saturated carbocycles. The van der Waals surface area contributed by atoms with E-state index in [4.69, 9.17) is 63.9 Å². The molecule has 0 amide bonds. The van der Waals surface area contributed by atoms with Gasteiger partial charge in [-0.25, -0.2) is 0 Å². The molecule has 0 unspecified atom stereocenters. The van der Waals surface area contributed by atoms with Gasteiger partial charge in [-0.2, -0.15) is 0 Å². The molecular formula is C19H15Cl6PZn. The molecule has 27 heavy (non-hydrogen) atoms. The quantitative estimate of drug-likeness (QED) is 0.232. The van der Waals surface area contributed by atoms with Crippen LogP contribution in [0.4, 0.5) is 0 Å². The summed E-state index contributed by atoms with van der Waals surface area (Å²) in [5, 5.41) is 6.04. The molecule has 3 aromatic rings. The molecule has 0 bridgehead atoms. The Morgan fingerprint density at radius 1 is 0.519 bits per heavy atom. The van der Waals surface area contributed by atoms with Crippen LogP contribution >= 0.6 is 71.1 Å². The van der Waals surface area contributed by atoms with Crippen LogP contribution in [0.5, 0.6) is 0 Å². The van der Waals surface area contributed by atoms with Crippen LogP contribution in [-0.2, 0) is 13.0 Å². The van der Waals surface area contributed by atoms with Gasteiger partial charge in [0.25, 0.3) is 0 Å². The normalized spacial score (nSPS) is 10.8. The molecule has 3 aromatic carbocycles. The Labute approximate surface area is 193 Å². The second-order valence-corrected chi connectivity index (χ2v) is 24.5. The molecule has 0 aliphatic heterocycles. The minimum atomic E-state index is -2.21. The summed E-state index contributed by atoms with van der Waals surface area (Å²) in [6, 6.07) is 24.3. The first-order valence-corrected chi connectivity index (χ1v) is 23.0. The van der Waals surface area contributed by atoms with Crippen molar-refractivity contribution < 1.29 is 13.0 Å². The van der Waals surface area contributed by atoms with Crippen molar-refractivity contribution in [3.8, 4) is 0 Å². The van der Waals surface area contributed by atoms with E-state index >= 15 is 0 Å². The zero-order valence-corrected chi connectivity index (χ0v) is 22.7. The zero-order chi connectivity index (χ0) is 20.0. The molecule has 0 spiro atoms. The van der Waals surface area contributed by atoms with Crippen molar-refractivity contribution in [1.29, 1.82) is 0 Å². The minimum absolute atomic E-state index is 0.743. The summed E-state index contributed by atoms with van der Waals surface area (Å²) in [4.78, 5) is 0. The molecule has 0 fully saturated rings. The summed E-state index contributed by atoms with van der Waals surface area (Å²) in [6.07, 6.45) is 0. The van der Waals surface area contributed by atoms with Crippen LogP contribution in [0.25, 0.3) is 0 Å². The van der Waals surface area contributed by atoms with E-state index in [1.807, 2.05) is 36.4 Å². The molecule has 0 nitrogen and oxygen atoms in total. The van der Waals surface area contributed by atoms with Gasteiger partial charge < -0.3 is 0 Å². The summed E-state index contributed by atoms with van der Waals surface area (Å²) in [5.41, 5.74) is 0. The van der Waals surface area contributed by atoms with E-state index in [-0.39, 0.29) is 0 Å². The Morgan fingerprint density at radius 3 is 0.889 bits per heavy atom. The van der Waals surface area contributed by atoms with Crippen LogP contribution in [0.3, 0.4) is 0 Å². The molecule has 8 heteroatoms. The van der Waals surface area contributed by atoms with Crippen molar-refractivity contribution in [3.63, 3.8) is 0 Å². The fourth-order valence-electron chi connectivity index (χ4n) is 2.66. The van der Waals surface area contributed by atoms with Gasteiger partial charge in [0.1, 0.15) is 23.2 Å². The van der Waals surface area contributed by atoms with Crippen molar-refractivity contribution in [3.05, 3.63) is 87.9 Å². The predicted octanol–water partition coefficient (Wildman–Crippen LogP) is 7.64. The molecule has 0 aliphatic rings. The molecule has 0 saturated heterocycles. The maximum absolute atomic E-state index is 6.07. The summed E-state index contributed by atoms with van der Waals surface area (Å²) in [6.45, 7) is 2.31.